The zero-order valence-electron chi connectivity index (χ0n) is 18.2. The van der Waals surface area contributed by atoms with Crippen LogP contribution in [0.3, 0.4) is 0 Å². The smallest absolute Gasteiger partial charge is 0.331 e. The van der Waals surface area contributed by atoms with Gasteiger partial charge in [-0.1, -0.05) is 30.7 Å². The number of aromatic nitrogens is 3. The third-order valence-corrected chi connectivity index (χ3v) is 6.51. The second-order valence-electron chi connectivity index (χ2n) is 9.11. The Bertz CT molecular complexity index is 1140. The van der Waals surface area contributed by atoms with Crippen LogP contribution < -0.4 is 5.69 Å². The van der Waals surface area contributed by atoms with E-state index in [1.165, 1.54) is 23.3 Å². The van der Waals surface area contributed by atoms with Crippen molar-refractivity contribution in [3.8, 4) is 17.1 Å². The second kappa shape index (κ2) is 8.90. The van der Waals surface area contributed by atoms with Gasteiger partial charge in [0, 0.05) is 18.7 Å². The number of hydrogen-bond donors (Lipinski definition) is 1. The fourth-order valence-electron chi connectivity index (χ4n) is 4.42. The maximum Gasteiger partial charge on any atom is 0.331 e. The van der Waals surface area contributed by atoms with Gasteiger partial charge in [0.25, 0.3) is 0 Å². The average molecular weight is 437 g/mol. The SMILES string of the molecule is O=c1n(Cc2ccc(-c3ccc(F)c(CN4CCCCC4)n3)cc2)cc(O)n1CC1CC1. The van der Waals surface area contributed by atoms with E-state index in [2.05, 4.69) is 9.88 Å². The van der Waals surface area contributed by atoms with Gasteiger partial charge in [0.15, 0.2) is 0 Å². The van der Waals surface area contributed by atoms with Crippen LogP contribution in [0, 0.1) is 11.7 Å². The third kappa shape index (κ3) is 4.63. The largest absolute Gasteiger partial charge is 0.493 e. The summed E-state index contributed by atoms with van der Waals surface area (Å²) in [5.74, 6) is 0.276. The molecule has 2 fully saturated rings. The first kappa shape index (κ1) is 20.9. The number of hydrogen-bond acceptors (Lipinski definition) is 4. The van der Waals surface area contributed by atoms with E-state index in [0.717, 1.165) is 55.6 Å². The Balaban J connectivity index is 1.30. The Hall–Kier alpha value is -2.93. The number of imidazole rings is 1. The molecule has 6 nitrogen and oxygen atoms in total. The summed E-state index contributed by atoms with van der Waals surface area (Å²) in [5.41, 5.74) is 2.93. The van der Waals surface area contributed by atoms with Crippen molar-refractivity contribution in [2.75, 3.05) is 13.1 Å². The average Bonchev–Trinajstić information content (AvgIpc) is 3.59. The summed E-state index contributed by atoms with van der Waals surface area (Å²) in [6.07, 6.45) is 7.31. The summed E-state index contributed by atoms with van der Waals surface area (Å²) in [6.45, 7) is 3.52. The monoisotopic (exact) mass is 436 g/mol. The highest BCUT2D eigenvalue weighted by Crippen LogP contribution is 2.31. The number of piperidine rings is 1. The normalized spacial score (nSPS) is 17.0. The van der Waals surface area contributed by atoms with Gasteiger partial charge in [-0.3, -0.25) is 14.0 Å². The van der Waals surface area contributed by atoms with Gasteiger partial charge in [0.05, 0.1) is 24.1 Å². The lowest BCUT2D eigenvalue weighted by Gasteiger charge is -2.26. The predicted molar refractivity (Wildman–Crippen MR) is 121 cm³/mol. The summed E-state index contributed by atoms with van der Waals surface area (Å²) in [4.78, 5) is 19.5. The first-order valence-corrected chi connectivity index (χ1v) is 11.5. The van der Waals surface area contributed by atoms with E-state index in [1.807, 2.05) is 24.3 Å². The molecular formula is C25H29FN4O2. The van der Waals surface area contributed by atoms with Gasteiger partial charge in [-0.15, -0.1) is 0 Å². The van der Waals surface area contributed by atoms with Crippen LogP contribution in [0.25, 0.3) is 11.3 Å². The first-order chi connectivity index (χ1) is 15.6. The quantitative estimate of drug-likeness (QED) is 0.608. The molecule has 1 saturated carbocycles. The molecule has 0 spiro atoms. The topological polar surface area (TPSA) is 63.3 Å². The number of pyridine rings is 1. The number of benzene rings is 1. The molecule has 32 heavy (non-hydrogen) atoms. The maximum absolute atomic E-state index is 14.4. The van der Waals surface area contributed by atoms with Crippen LogP contribution in [-0.2, 0) is 19.6 Å². The lowest BCUT2D eigenvalue weighted by Crippen LogP contribution is -2.29. The molecule has 2 aliphatic rings. The number of likely N-dealkylation sites (tertiary alicyclic amines) is 1. The van der Waals surface area contributed by atoms with Crippen molar-refractivity contribution in [3.63, 3.8) is 0 Å². The minimum absolute atomic E-state index is 0.0234. The van der Waals surface area contributed by atoms with Gasteiger partial charge in [-0.2, -0.15) is 0 Å². The van der Waals surface area contributed by atoms with Crippen LogP contribution in [-0.4, -0.2) is 37.2 Å². The lowest BCUT2D eigenvalue weighted by atomic mass is 10.1. The highest BCUT2D eigenvalue weighted by atomic mass is 19.1. The molecule has 1 N–H and O–H groups in total. The fourth-order valence-corrected chi connectivity index (χ4v) is 4.42. The highest BCUT2D eigenvalue weighted by Gasteiger charge is 2.24. The summed E-state index contributed by atoms with van der Waals surface area (Å²) >= 11 is 0. The number of aromatic hydroxyl groups is 1. The Morgan fingerprint density at radius 3 is 2.47 bits per heavy atom. The van der Waals surface area contributed by atoms with Crippen LogP contribution in [0.1, 0.15) is 43.4 Å². The van der Waals surface area contributed by atoms with Crippen LogP contribution in [0.2, 0.25) is 0 Å². The van der Waals surface area contributed by atoms with Crippen molar-refractivity contribution in [1.82, 2.24) is 19.0 Å². The van der Waals surface area contributed by atoms with Crippen molar-refractivity contribution < 1.29 is 9.50 Å². The Kier molecular flexibility index (Phi) is 5.83. The molecule has 3 heterocycles. The van der Waals surface area contributed by atoms with Gasteiger partial charge in [0.1, 0.15) is 5.82 Å². The van der Waals surface area contributed by atoms with Crippen molar-refractivity contribution in [3.05, 3.63) is 70.2 Å². The van der Waals surface area contributed by atoms with Gasteiger partial charge < -0.3 is 5.11 Å². The molecule has 0 unspecified atom stereocenters. The fraction of sp³-hybridized carbons (Fsp3) is 0.440. The molecule has 1 saturated heterocycles. The molecule has 2 aromatic heterocycles. The summed E-state index contributed by atoms with van der Waals surface area (Å²) in [7, 11) is 0. The molecule has 168 valence electrons. The minimum atomic E-state index is -0.258. The maximum atomic E-state index is 14.4. The molecule has 0 amide bonds. The predicted octanol–water partition coefficient (Wildman–Crippen LogP) is 4.00. The Morgan fingerprint density at radius 2 is 1.75 bits per heavy atom. The summed E-state index contributed by atoms with van der Waals surface area (Å²) < 4.78 is 17.4. The van der Waals surface area contributed by atoms with E-state index in [9.17, 15) is 14.3 Å². The van der Waals surface area contributed by atoms with E-state index in [4.69, 9.17) is 0 Å². The number of rotatable bonds is 7. The molecular weight excluding hydrogens is 407 g/mol. The van der Waals surface area contributed by atoms with Gasteiger partial charge in [-0.25, -0.2) is 14.2 Å². The van der Waals surface area contributed by atoms with Crippen LogP contribution in [0.15, 0.2) is 47.4 Å². The standard InChI is InChI=1S/C25H29FN4O2/c26-21-10-11-22(27-23(21)16-28-12-2-1-3-13-28)20-8-6-18(7-9-20)14-29-17-24(31)30(25(29)32)15-19-4-5-19/h6-11,17,19,31H,1-5,12-16H2. The molecule has 0 radical (unpaired) electrons. The van der Waals surface area contributed by atoms with E-state index in [-0.39, 0.29) is 17.4 Å². The van der Waals surface area contributed by atoms with Gasteiger partial charge >= 0.3 is 5.69 Å². The van der Waals surface area contributed by atoms with Crippen LogP contribution in [0.5, 0.6) is 5.88 Å². The molecule has 5 rings (SSSR count). The van der Waals surface area contributed by atoms with Crippen molar-refractivity contribution in [2.24, 2.45) is 5.92 Å². The summed E-state index contributed by atoms with van der Waals surface area (Å²) in [5, 5.41) is 10.1. The Labute approximate surface area is 186 Å². The number of halogens is 1. The van der Waals surface area contributed by atoms with E-state index >= 15 is 0 Å². The molecule has 0 bridgehead atoms. The van der Waals surface area contributed by atoms with E-state index < -0.39 is 0 Å². The zero-order valence-corrected chi connectivity index (χ0v) is 18.2. The third-order valence-electron chi connectivity index (χ3n) is 6.51. The molecule has 0 atom stereocenters. The van der Waals surface area contributed by atoms with Crippen LogP contribution >= 0.6 is 0 Å². The molecule has 3 aromatic rings. The highest BCUT2D eigenvalue weighted by molar-refractivity contribution is 5.59. The lowest BCUT2D eigenvalue weighted by molar-refractivity contribution is 0.215. The van der Waals surface area contributed by atoms with Crippen molar-refractivity contribution in [2.45, 2.75) is 51.7 Å². The van der Waals surface area contributed by atoms with Gasteiger partial charge in [0.2, 0.25) is 5.88 Å². The second-order valence-corrected chi connectivity index (χ2v) is 9.11. The van der Waals surface area contributed by atoms with Crippen LogP contribution in [0.4, 0.5) is 4.39 Å². The minimum Gasteiger partial charge on any atom is -0.493 e. The summed E-state index contributed by atoms with van der Waals surface area (Å²) in [6, 6.07) is 11.0. The van der Waals surface area contributed by atoms with E-state index in [0.29, 0.717) is 31.2 Å². The Morgan fingerprint density at radius 1 is 1.00 bits per heavy atom. The van der Waals surface area contributed by atoms with E-state index in [1.54, 1.807) is 10.6 Å². The molecule has 7 heteroatoms. The first-order valence-electron chi connectivity index (χ1n) is 11.5. The zero-order chi connectivity index (χ0) is 22.1. The van der Waals surface area contributed by atoms with Gasteiger partial charge in [-0.05, 0) is 62.4 Å². The van der Waals surface area contributed by atoms with Crippen molar-refractivity contribution >= 4 is 0 Å². The molecule has 1 aliphatic carbocycles. The molecule has 1 aliphatic heterocycles. The number of nitrogens with zero attached hydrogens (tertiary/aromatic N) is 4. The molecule has 1 aromatic carbocycles. The van der Waals surface area contributed by atoms with Crippen molar-refractivity contribution in [1.29, 1.82) is 0 Å².